The minimum absolute atomic E-state index is 0. The average Bonchev–Trinajstić information content (AvgIpc) is 3.09. The monoisotopic (exact) mass is 492 g/mol. The van der Waals surface area contributed by atoms with Gasteiger partial charge in [-0.3, -0.25) is 9.67 Å². The van der Waals surface area contributed by atoms with Gasteiger partial charge in [-0.25, -0.2) is 0 Å². The summed E-state index contributed by atoms with van der Waals surface area (Å²) in [5.41, 5.74) is 1.13. The number of hydrogen-bond donors (Lipinski definition) is 1. The molecule has 0 aliphatic carbocycles. The summed E-state index contributed by atoms with van der Waals surface area (Å²) in [6, 6.07) is 0. The Bertz CT molecular complexity index is 544. The van der Waals surface area contributed by atoms with E-state index in [4.69, 9.17) is 4.74 Å². The number of hydrogen-bond acceptors (Lipinski definition) is 4. The van der Waals surface area contributed by atoms with Gasteiger partial charge in [0.2, 0.25) is 0 Å². The number of ether oxygens (including phenoxy) is 1. The number of nitrogens with one attached hydrogen (secondary N) is 1. The van der Waals surface area contributed by atoms with Gasteiger partial charge in [0.25, 0.3) is 0 Å². The van der Waals surface area contributed by atoms with E-state index >= 15 is 0 Å². The lowest BCUT2D eigenvalue weighted by atomic mass is 10.1. The van der Waals surface area contributed by atoms with Crippen LogP contribution in [0.25, 0.3) is 0 Å². The highest BCUT2D eigenvalue weighted by molar-refractivity contribution is 14.0. The molecule has 2 rings (SSSR count). The molecule has 1 unspecified atom stereocenters. The lowest BCUT2D eigenvalue weighted by Gasteiger charge is -2.34. The first kappa shape index (κ1) is 24.2. The first-order valence-electron chi connectivity index (χ1n) is 9.96. The van der Waals surface area contributed by atoms with Gasteiger partial charge in [0.1, 0.15) is 6.10 Å². The van der Waals surface area contributed by atoms with Crippen LogP contribution in [0.15, 0.2) is 17.4 Å². The fourth-order valence-electron chi connectivity index (χ4n) is 3.45. The first-order valence-corrected chi connectivity index (χ1v) is 9.96. The van der Waals surface area contributed by atoms with E-state index in [1.165, 1.54) is 25.9 Å². The number of halogens is 1. The van der Waals surface area contributed by atoms with Crippen LogP contribution in [0, 0.1) is 0 Å². The SMILES string of the molecule is CCCN(CCC)CCCNC(=NC)N1CCOC(c2cnn(C)c2)C1.I. The number of rotatable bonds is 9. The Labute approximate surface area is 181 Å². The third-order valence-electron chi connectivity index (χ3n) is 4.69. The fourth-order valence-corrected chi connectivity index (χ4v) is 3.45. The first-order chi connectivity index (χ1) is 12.7. The molecule has 8 heteroatoms. The molecule has 1 N–H and O–H groups in total. The van der Waals surface area contributed by atoms with E-state index in [0.717, 1.165) is 44.1 Å². The van der Waals surface area contributed by atoms with Crippen molar-refractivity contribution < 1.29 is 4.74 Å². The van der Waals surface area contributed by atoms with E-state index in [1.807, 2.05) is 31.2 Å². The number of aryl methyl sites for hydroxylation is 1. The van der Waals surface area contributed by atoms with Crippen LogP contribution in [0.4, 0.5) is 0 Å². The summed E-state index contributed by atoms with van der Waals surface area (Å²) in [6.45, 7) is 11.4. The second-order valence-corrected chi connectivity index (χ2v) is 6.92. The number of nitrogens with zero attached hydrogens (tertiary/aromatic N) is 5. The summed E-state index contributed by atoms with van der Waals surface area (Å²) in [7, 11) is 3.79. The van der Waals surface area contributed by atoms with Crippen LogP contribution >= 0.6 is 24.0 Å². The van der Waals surface area contributed by atoms with E-state index in [9.17, 15) is 0 Å². The van der Waals surface area contributed by atoms with E-state index in [2.05, 4.69) is 39.1 Å². The maximum Gasteiger partial charge on any atom is 0.193 e. The molecule has 0 spiro atoms. The van der Waals surface area contributed by atoms with Gasteiger partial charge in [0.05, 0.1) is 19.3 Å². The van der Waals surface area contributed by atoms with Crippen LogP contribution in [0.1, 0.15) is 44.8 Å². The van der Waals surface area contributed by atoms with Gasteiger partial charge in [-0.15, -0.1) is 24.0 Å². The molecular formula is C19H37IN6O. The van der Waals surface area contributed by atoms with Gasteiger partial charge in [-0.2, -0.15) is 5.10 Å². The topological polar surface area (TPSA) is 57.9 Å². The minimum Gasteiger partial charge on any atom is -0.370 e. The molecule has 0 amide bonds. The van der Waals surface area contributed by atoms with Crippen molar-refractivity contribution in [2.24, 2.45) is 12.0 Å². The quantitative estimate of drug-likeness (QED) is 0.249. The highest BCUT2D eigenvalue weighted by Gasteiger charge is 2.25. The van der Waals surface area contributed by atoms with Crippen molar-refractivity contribution in [1.82, 2.24) is 24.9 Å². The van der Waals surface area contributed by atoms with Gasteiger partial charge in [0, 0.05) is 38.9 Å². The second kappa shape index (κ2) is 13.3. The van der Waals surface area contributed by atoms with Gasteiger partial charge >= 0.3 is 0 Å². The van der Waals surface area contributed by atoms with E-state index in [0.29, 0.717) is 6.61 Å². The second-order valence-electron chi connectivity index (χ2n) is 6.92. The maximum atomic E-state index is 5.93. The van der Waals surface area contributed by atoms with Crippen LogP contribution in [0.3, 0.4) is 0 Å². The molecule has 1 saturated heterocycles. The van der Waals surface area contributed by atoms with Crippen molar-refractivity contribution in [3.8, 4) is 0 Å². The standard InChI is InChI=1S/C19H36N6O.HI/c1-5-9-24(10-6-2)11-7-8-21-19(20-3)25-12-13-26-18(16-25)17-14-22-23(4)15-17;/h14-15,18H,5-13,16H2,1-4H3,(H,20,21);1H. The Kier molecular flexibility index (Phi) is 11.9. The zero-order chi connectivity index (χ0) is 18.8. The molecule has 156 valence electrons. The molecule has 0 bridgehead atoms. The van der Waals surface area contributed by atoms with Crippen molar-refractivity contribution in [1.29, 1.82) is 0 Å². The molecule has 7 nitrogen and oxygen atoms in total. The Morgan fingerprint density at radius 1 is 1.33 bits per heavy atom. The van der Waals surface area contributed by atoms with Crippen LogP contribution < -0.4 is 5.32 Å². The van der Waals surface area contributed by atoms with E-state index < -0.39 is 0 Å². The molecule has 1 aliphatic heterocycles. The Morgan fingerprint density at radius 2 is 2.07 bits per heavy atom. The zero-order valence-corrected chi connectivity index (χ0v) is 19.7. The average molecular weight is 492 g/mol. The highest BCUT2D eigenvalue weighted by Crippen LogP contribution is 2.21. The molecule has 0 saturated carbocycles. The molecule has 1 aromatic rings. The van der Waals surface area contributed by atoms with E-state index in [-0.39, 0.29) is 30.1 Å². The van der Waals surface area contributed by atoms with Crippen LogP contribution in [-0.2, 0) is 11.8 Å². The number of guanidine groups is 1. The van der Waals surface area contributed by atoms with Gasteiger partial charge in [-0.1, -0.05) is 13.8 Å². The summed E-state index contributed by atoms with van der Waals surface area (Å²) < 4.78 is 7.75. The largest absolute Gasteiger partial charge is 0.370 e. The van der Waals surface area contributed by atoms with Gasteiger partial charge in [-0.05, 0) is 38.9 Å². The Morgan fingerprint density at radius 3 is 2.67 bits per heavy atom. The highest BCUT2D eigenvalue weighted by atomic mass is 127. The zero-order valence-electron chi connectivity index (χ0n) is 17.4. The smallest absolute Gasteiger partial charge is 0.193 e. The predicted octanol–water partition coefficient (Wildman–Crippen LogP) is 2.50. The molecule has 1 fully saturated rings. The van der Waals surface area contributed by atoms with Crippen molar-refractivity contribution in [2.75, 3.05) is 52.9 Å². The molecule has 1 aliphatic rings. The Hall–Kier alpha value is -0.870. The molecule has 1 aromatic heterocycles. The van der Waals surface area contributed by atoms with Crippen molar-refractivity contribution >= 4 is 29.9 Å². The van der Waals surface area contributed by atoms with Crippen molar-refractivity contribution in [3.63, 3.8) is 0 Å². The molecule has 0 radical (unpaired) electrons. The maximum absolute atomic E-state index is 5.93. The summed E-state index contributed by atoms with van der Waals surface area (Å²) in [4.78, 5) is 9.32. The molecule has 0 aromatic carbocycles. The Balaban J connectivity index is 0.00000364. The molecule has 1 atom stereocenters. The summed E-state index contributed by atoms with van der Waals surface area (Å²) in [6.07, 6.45) is 7.55. The predicted molar refractivity (Wildman–Crippen MR) is 122 cm³/mol. The van der Waals surface area contributed by atoms with Gasteiger partial charge < -0.3 is 19.9 Å². The van der Waals surface area contributed by atoms with E-state index in [1.54, 1.807) is 0 Å². The number of aromatic nitrogens is 2. The van der Waals surface area contributed by atoms with Crippen LogP contribution in [0.2, 0.25) is 0 Å². The van der Waals surface area contributed by atoms with Crippen LogP contribution in [-0.4, -0.2) is 78.5 Å². The fraction of sp³-hybridized carbons (Fsp3) is 0.789. The molecular weight excluding hydrogens is 455 g/mol. The van der Waals surface area contributed by atoms with Crippen LogP contribution in [0.5, 0.6) is 0 Å². The summed E-state index contributed by atoms with van der Waals surface area (Å²) >= 11 is 0. The lowest BCUT2D eigenvalue weighted by molar-refractivity contribution is -0.00802. The minimum atomic E-state index is 0. The normalized spacial score (nSPS) is 17.9. The third kappa shape index (κ3) is 7.95. The third-order valence-corrected chi connectivity index (χ3v) is 4.69. The van der Waals surface area contributed by atoms with Crippen molar-refractivity contribution in [3.05, 3.63) is 18.0 Å². The van der Waals surface area contributed by atoms with Crippen molar-refractivity contribution in [2.45, 2.75) is 39.2 Å². The summed E-state index contributed by atoms with van der Waals surface area (Å²) in [5.74, 6) is 0.972. The van der Waals surface area contributed by atoms with Gasteiger partial charge in [0.15, 0.2) is 5.96 Å². The molecule has 2 heterocycles. The molecule has 27 heavy (non-hydrogen) atoms. The number of aliphatic imine (C=N–C) groups is 1. The lowest BCUT2D eigenvalue weighted by Crippen LogP contribution is -2.48. The summed E-state index contributed by atoms with van der Waals surface area (Å²) in [5, 5.41) is 7.79. The number of morpholine rings is 1.